The molecule has 1 saturated heterocycles. The summed E-state index contributed by atoms with van der Waals surface area (Å²) in [5.41, 5.74) is 6.94. The maximum Gasteiger partial charge on any atom is 0.529 e. The molecule has 0 radical (unpaired) electrons. The predicted molar refractivity (Wildman–Crippen MR) is 108 cm³/mol. The number of nitrogens with zero attached hydrogens (tertiary/aromatic N) is 4. The third-order valence-corrected chi connectivity index (χ3v) is 5.84. The van der Waals surface area contributed by atoms with E-state index < -0.39 is 44.9 Å². The second-order valence-electron chi connectivity index (χ2n) is 7.09. The molecule has 1 aliphatic rings. The molecule has 170 valence electrons. The third-order valence-electron chi connectivity index (χ3n) is 4.96. The Morgan fingerprint density at radius 1 is 1.25 bits per heavy atom. The van der Waals surface area contributed by atoms with E-state index in [1.54, 1.807) is 25.1 Å². The summed E-state index contributed by atoms with van der Waals surface area (Å²) >= 11 is 0. The van der Waals surface area contributed by atoms with Crippen LogP contribution in [0.1, 0.15) is 22.1 Å². The van der Waals surface area contributed by atoms with Gasteiger partial charge in [0.15, 0.2) is 17.7 Å². The fraction of sp³-hybridized carbons (Fsp3) is 0.333. The molecular formula is C18H20N5O8P. The van der Waals surface area contributed by atoms with Crippen LogP contribution in [-0.4, -0.2) is 65.5 Å². The number of aliphatic hydroxyl groups is 2. The van der Waals surface area contributed by atoms with Crippen LogP contribution in [-0.2, 0) is 18.3 Å². The van der Waals surface area contributed by atoms with Crippen molar-refractivity contribution in [1.82, 2.24) is 19.5 Å². The van der Waals surface area contributed by atoms with Crippen LogP contribution in [0, 0.1) is 6.92 Å². The van der Waals surface area contributed by atoms with Crippen molar-refractivity contribution in [2.75, 3.05) is 12.3 Å². The fourth-order valence-corrected chi connectivity index (χ4v) is 4.00. The molecule has 13 nitrogen and oxygen atoms in total. The molecule has 32 heavy (non-hydrogen) atoms. The minimum Gasteiger partial charge on any atom is -0.387 e. The van der Waals surface area contributed by atoms with Gasteiger partial charge < -0.3 is 25.2 Å². The number of phosphoric acid groups is 1. The molecule has 5 N–H and O–H groups in total. The van der Waals surface area contributed by atoms with Gasteiger partial charge in [0.2, 0.25) is 0 Å². The summed E-state index contributed by atoms with van der Waals surface area (Å²) in [6.07, 6.45) is -2.76. The standard InChI is InChI=1S/C18H20N5O8P/c1-9-4-2-3-5-10(9)18(26)31-32(27,28)29-6-11-13(24)14(25)17(30-11)23-8-22-12-15(19)20-7-21-16(12)23/h2-5,7-8,11,13-14,17,24-25H,6H2,1H3,(H,27,28)(H2,19,20,21)/t11-,13-,14-,17-/m1/s1. The van der Waals surface area contributed by atoms with Crippen molar-refractivity contribution in [3.63, 3.8) is 0 Å². The number of aryl methyl sites for hydroxylation is 1. The van der Waals surface area contributed by atoms with Crippen molar-refractivity contribution in [2.45, 2.75) is 31.5 Å². The minimum atomic E-state index is -4.84. The quantitative estimate of drug-likeness (QED) is 0.365. The molecule has 1 unspecified atom stereocenters. The summed E-state index contributed by atoms with van der Waals surface area (Å²) in [6.45, 7) is 0.996. The second kappa shape index (κ2) is 8.54. The first-order valence-corrected chi connectivity index (χ1v) is 10.9. The number of aromatic nitrogens is 4. The van der Waals surface area contributed by atoms with E-state index in [1.807, 2.05) is 0 Å². The number of ether oxygens (including phenoxy) is 1. The van der Waals surface area contributed by atoms with Crippen molar-refractivity contribution in [3.8, 4) is 0 Å². The van der Waals surface area contributed by atoms with E-state index in [4.69, 9.17) is 15.0 Å². The van der Waals surface area contributed by atoms with E-state index in [2.05, 4.69) is 19.5 Å². The number of hydrogen-bond donors (Lipinski definition) is 4. The Morgan fingerprint density at radius 3 is 2.75 bits per heavy atom. The summed E-state index contributed by atoms with van der Waals surface area (Å²) in [5.74, 6) is -0.916. The number of nitrogens with two attached hydrogens (primary N) is 1. The van der Waals surface area contributed by atoms with Gasteiger partial charge in [-0.05, 0) is 18.6 Å². The van der Waals surface area contributed by atoms with Gasteiger partial charge >= 0.3 is 13.8 Å². The average molecular weight is 465 g/mol. The van der Waals surface area contributed by atoms with Crippen LogP contribution in [0.5, 0.6) is 0 Å². The Balaban J connectivity index is 1.43. The number of carbonyl (C=O) groups is 1. The Hall–Kier alpha value is -2.93. The monoisotopic (exact) mass is 465 g/mol. The van der Waals surface area contributed by atoms with Gasteiger partial charge in [-0.25, -0.2) is 24.3 Å². The van der Waals surface area contributed by atoms with Crippen LogP contribution in [0.3, 0.4) is 0 Å². The lowest BCUT2D eigenvalue weighted by molar-refractivity contribution is -0.0508. The van der Waals surface area contributed by atoms with Gasteiger partial charge in [-0.1, -0.05) is 18.2 Å². The highest BCUT2D eigenvalue weighted by Crippen LogP contribution is 2.45. The Labute approximate surface area is 181 Å². The van der Waals surface area contributed by atoms with Gasteiger partial charge in [0, 0.05) is 0 Å². The maximum absolute atomic E-state index is 12.2. The van der Waals surface area contributed by atoms with Crippen LogP contribution in [0.4, 0.5) is 5.82 Å². The van der Waals surface area contributed by atoms with Gasteiger partial charge in [-0.15, -0.1) is 0 Å². The highest BCUT2D eigenvalue weighted by Gasteiger charge is 2.45. The minimum absolute atomic E-state index is 0.103. The van der Waals surface area contributed by atoms with Gasteiger partial charge in [-0.3, -0.25) is 14.0 Å². The predicted octanol–water partition coefficient (Wildman–Crippen LogP) is 0.310. The number of imidazole rings is 1. The van der Waals surface area contributed by atoms with E-state index in [1.165, 1.54) is 23.3 Å². The van der Waals surface area contributed by atoms with Gasteiger partial charge in [0.25, 0.3) is 0 Å². The van der Waals surface area contributed by atoms with Crippen LogP contribution in [0.15, 0.2) is 36.9 Å². The average Bonchev–Trinajstić information content (AvgIpc) is 3.29. The zero-order valence-corrected chi connectivity index (χ0v) is 17.6. The third kappa shape index (κ3) is 4.21. The number of anilines is 1. The molecule has 1 aliphatic heterocycles. The molecule has 2 aromatic heterocycles. The van der Waals surface area contributed by atoms with Gasteiger partial charge in [-0.2, -0.15) is 0 Å². The molecule has 4 rings (SSSR count). The Morgan fingerprint density at radius 2 is 2.00 bits per heavy atom. The number of nitrogen functional groups attached to an aromatic ring is 1. The first-order valence-electron chi connectivity index (χ1n) is 9.39. The lowest BCUT2D eigenvalue weighted by Gasteiger charge is -2.17. The Kier molecular flexibility index (Phi) is 5.95. The van der Waals surface area contributed by atoms with E-state index in [0.717, 1.165) is 0 Å². The Bertz CT molecular complexity index is 1200. The molecule has 0 aliphatic carbocycles. The number of benzene rings is 1. The molecule has 0 saturated carbocycles. The van der Waals surface area contributed by atoms with Crippen LogP contribution in [0.2, 0.25) is 0 Å². The summed E-state index contributed by atoms with van der Waals surface area (Å²) < 4.78 is 28.6. The number of aliphatic hydroxyl groups excluding tert-OH is 2. The number of fused-ring (bicyclic) bond motifs is 1. The topological polar surface area (TPSA) is 192 Å². The molecule has 0 bridgehead atoms. The summed E-state index contributed by atoms with van der Waals surface area (Å²) in [4.78, 5) is 34.0. The molecule has 3 heterocycles. The number of hydrogen-bond acceptors (Lipinski definition) is 11. The first kappa shape index (κ1) is 22.3. The normalized spacial score (nSPS) is 25.0. The smallest absolute Gasteiger partial charge is 0.387 e. The lowest BCUT2D eigenvalue weighted by atomic mass is 10.1. The molecule has 1 fully saturated rings. The van der Waals surface area contributed by atoms with E-state index in [-0.39, 0.29) is 22.5 Å². The fourth-order valence-electron chi connectivity index (χ4n) is 3.30. The number of rotatable bonds is 6. The largest absolute Gasteiger partial charge is 0.529 e. The van der Waals surface area contributed by atoms with Crippen molar-refractivity contribution in [3.05, 3.63) is 48.0 Å². The summed E-state index contributed by atoms with van der Waals surface area (Å²) in [6, 6.07) is 6.36. The van der Waals surface area contributed by atoms with Crippen LogP contribution in [0.25, 0.3) is 11.2 Å². The van der Waals surface area contributed by atoms with E-state index in [9.17, 15) is 24.5 Å². The molecule has 14 heteroatoms. The highest BCUT2D eigenvalue weighted by atomic mass is 31.2. The van der Waals surface area contributed by atoms with Crippen molar-refractivity contribution in [2.24, 2.45) is 0 Å². The van der Waals surface area contributed by atoms with Gasteiger partial charge in [0.1, 0.15) is 30.2 Å². The number of carbonyl (C=O) groups excluding carboxylic acids is 1. The molecule has 0 spiro atoms. The van der Waals surface area contributed by atoms with Crippen molar-refractivity contribution in [1.29, 1.82) is 0 Å². The lowest BCUT2D eigenvalue weighted by Crippen LogP contribution is -2.33. The maximum atomic E-state index is 12.2. The molecular weight excluding hydrogens is 445 g/mol. The zero-order chi connectivity index (χ0) is 23.0. The summed E-state index contributed by atoms with van der Waals surface area (Å²) in [7, 11) is -4.84. The van der Waals surface area contributed by atoms with E-state index in [0.29, 0.717) is 5.56 Å². The zero-order valence-electron chi connectivity index (χ0n) is 16.7. The first-order chi connectivity index (χ1) is 15.2. The summed E-state index contributed by atoms with van der Waals surface area (Å²) in [5, 5.41) is 20.7. The van der Waals surface area contributed by atoms with Crippen molar-refractivity contribution >= 4 is 30.8 Å². The molecule has 1 aromatic carbocycles. The van der Waals surface area contributed by atoms with Crippen LogP contribution >= 0.6 is 7.82 Å². The van der Waals surface area contributed by atoms with Crippen molar-refractivity contribution < 1.29 is 38.3 Å². The molecule has 0 amide bonds. The highest BCUT2D eigenvalue weighted by molar-refractivity contribution is 7.48. The van der Waals surface area contributed by atoms with Gasteiger partial charge in [0.05, 0.1) is 18.5 Å². The molecule has 5 atom stereocenters. The SMILES string of the molecule is Cc1ccccc1C(=O)OP(=O)(O)OC[C@H]1O[C@@H](n2cnc3c(N)ncnc32)[C@H](O)[C@@H]1O. The number of phosphoric ester groups is 1. The second-order valence-corrected chi connectivity index (χ2v) is 8.47. The molecule has 3 aromatic rings. The van der Waals surface area contributed by atoms with E-state index >= 15 is 0 Å². The van der Waals surface area contributed by atoms with Crippen LogP contribution < -0.4 is 5.73 Å².